The maximum absolute atomic E-state index is 13.0. The summed E-state index contributed by atoms with van der Waals surface area (Å²) in [6.45, 7) is 2.32. The van der Waals surface area contributed by atoms with Crippen LogP contribution >= 0.6 is 0 Å². The van der Waals surface area contributed by atoms with Crippen LogP contribution in [-0.2, 0) is 36.8 Å². The minimum Gasteiger partial charge on any atom is -0.458 e. The Hall–Kier alpha value is -3.79. The number of hydrogen-bond acceptors (Lipinski definition) is 7. The smallest absolute Gasteiger partial charge is 0.410 e. The first-order valence-electron chi connectivity index (χ1n) is 11.5. The lowest BCUT2D eigenvalue weighted by Gasteiger charge is -2.25. The van der Waals surface area contributed by atoms with Crippen molar-refractivity contribution >= 4 is 29.9 Å². The van der Waals surface area contributed by atoms with E-state index in [2.05, 4.69) is 10.3 Å². The van der Waals surface area contributed by atoms with Gasteiger partial charge in [0.15, 0.2) is 6.04 Å². The van der Waals surface area contributed by atoms with Crippen molar-refractivity contribution in [2.24, 2.45) is 4.99 Å². The fourth-order valence-corrected chi connectivity index (χ4v) is 3.02. The fraction of sp³-hybridized carbons (Fsp3) is 0.385. The van der Waals surface area contributed by atoms with E-state index in [4.69, 9.17) is 14.2 Å². The number of benzene rings is 2. The van der Waals surface area contributed by atoms with Crippen LogP contribution in [0.5, 0.6) is 0 Å². The van der Waals surface area contributed by atoms with E-state index in [1.807, 2.05) is 6.92 Å². The van der Waals surface area contributed by atoms with Crippen LogP contribution in [0.2, 0.25) is 0 Å². The summed E-state index contributed by atoms with van der Waals surface area (Å²) >= 11 is 0. The third-order valence-electron chi connectivity index (χ3n) is 5.01. The second kappa shape index (κ2) is 15.3. The largest absolute Gasteiger partial charge is 0.458 e. The number of ether oxygens (including phenoxy) is 3. The van der Waals surface area contributed by atoms with Crippen LogP contribution in [0.15, 0.2) is 53.5 Å². The van der Waals surface area contributed by atoms with Gasteiger partial charge in [0.05, 0.1) is 13.0 Å². The van der Waals surface area contributed by atoms with Crippen LogP contribution in [0.4, 0.5) is 14.9 Å². The Morgan fingerprint density at radius 1 is 1.06 bits per heavy atom. The number of carbonyl (C=O) groups excluding carboxylic acids is 3. The second-order valence-electron chi connectivity index (χ2n) is 7.88. The topological polar surface area (TPSA) is 107 Å². The lowest BCUT2D eigenvalue weighted by atomic mass is 10.1. The lowest BCUT2D eigenvalue weighted by Crippen LogP contribution is -2.46. The number of aliphatic imine (C=N–C) groups is 1. The van der Waals surface area contributed by atoms with Gasteiger partial charge in [-0.05, 0) is 41.8 Å². The van der Waals surface area contributed by atoms with Crippen LogP contribution in [0, 0.1) is 5.82 Å². The van der Waals surface area contributed by atoms with E-state index in [-0.39, 0.29) is 38.0 Å². The maximum atomic E-state index is 13.0. The number of anilines is 1. The maximum Gasteiger partial charge on any atom is 0.410 e. The Kier molecular flexibility index (Phi) is 12.1. The SMILES string of the molecule is CCCOC[C@@H](C(=O)OC/C=N/C)N(C)C(=O)OCc1ccc(NC(=O)Cc2ccc(F)cc2)cc1. The van der Waals surface area contributed by atoms with E-state index in [9.17, 15) is 18.8 Å². The molecule has 0 aliphatic heterocycles. The average Bonchev–Trinajstić information content (AvgIpc) is 2.87. The first-order valence-corrected chi connectivity index (χ1v) is 11.5. The number of carbonyl (C=O) groups is 3. The molecule has 0 aromatic heterocycles. The molecule has 0 saturated carbocycles. The minimum atomic E-state index is -0.965. The number of amides is 2. The zero-order valence-electron chi connectivity index (χ0n) is 20.7. The van der Waals surface area contributed by atoms with Gasteiger partial charge in [0.25, 0.3) is 0 Å². The van der Waals surface area contributed by atoms with Crippen molar-refractivity contribution in [1.82, 2.24) is 4.90 Å². The normalized spacial score (nSPS) is 11.7. The standard InChI is InChI=1S/C26H32FN3O6/c1-4-14-34-18-23(25(32)35-15-13-28-2)30(3)26(33)36-17-20-7-11-22(12-8-20)29-24(31)16-19-5-9-21(27)10-6-19/h5-13,23H,4,14-18H2,1-3H3,(H,29,31)/b28-13+/t23-/m0/s1. The molecule has 0 aliphatic carbocycles. The van der Waals surface area contributed by atoms with Crippen LogP contribution in [0.3, 0.4) is 0 Å². The minimum absolute atomic E-state index is 0.00468. The van der Waals surface area contributed by atoms with Crippen LogP contribution in [0.1, 0.15) is 24.5 Å². The van der Waals surface area contributed by atoms with Gasteiger partial charge in [0, 0.05) is 32.6 Å². The van der Waals surface area contributed by atoms with E-state index < -0.39 is 18.1 Å². The number of hydrogen-bond donors (Lipinski definition) is 1. The van der Waals surface area contributed by atoms with Crippen molar-refractivity contribution in [1.29, 1.82) is 0 Å². The average molecular weight is 502 g/mol. The highest BCUT2D eigenvalue weighted by Gasteiger charge is 2.29. The molecule has 2 amide bonds. The van der Waals surface area contributed by atoms with E-state index in [1.54, 1.807) is 43.4 Å². The number of nitrogens with zero attached hydrogens (tertiary/aromatic N) is 2. The monoisotopic (exact) mass is 501 g/mol. The molecule has 2 aromatic rings. The van der Waals surface area contributed by atoms with E-state index in [0.29, 0.717) is 23.4 Å². The summed E-state index contributed by atoms with van der Waals surface area (Å²) < 4.78 is 28.9. The molecule has 1 atom stereocenters. The van der Waals surface area contributed by atoms with Gasteiger partial charge in [-0.15, -0.1) is 0 Å². The number of esters is 1. The number of nitrogens with one attached hydrogen (secondary N) is 1. The second-order valence-corrected chi connectivity index (χ2v) is 7.88. The van der Waals surface area contributed by atoms with E-state index in [1.165, 1.54) is 25.4 Å². The van der Waals surface area contributed by atoms with Crippen LogP contribution in [0.25, 0.3) is 0 Å². The molecule has 9 nitrogen and oxygen atoms in total. The molecule has 0 bridgehead atoms. The highest BCUT2D eigenvalue weighted by Crippen LogP contribution is 2.13. The first-order chi connectivity index (χ1) is 17.3. The molecule has 0 aliphatic rings. The summed E-state index contributed by atoms with van der Waals surface area (Å²) in [6, 6.07) is 11.6. The zero-order valence-corrected chi connectivity index (χ0v) is 20.7. The highest BCUT2D eigenvalue weighted by molar-refractivity contribution is 5.92. The Morgan fingerprint density at radius 2 is 1.72 bits per heavy atom. The molecule has 2 rings (SSSR count). The third kappa shape index (κ3) is 9.83. The van der Waals surface area contributed by atoms with Gasteiger partial charge in [-0.1, -0.05) is 31.2 Å². The van der Waals surface area contributed by atoms with Crippen molar-refractivity contribution in [3.8, 4) is 0 Å². The van der Waals surface area contributed by atoms with E-state index in [0.717, 1.165) is 11.3 Å². The van der Waals surface area contributed by atoms with Gasteiger partial charge in [0.2, 0.25) is 5.91 Å². The van der Waals surface area contributed by atoms with Crippen molar-refractivity contribution < 1.29 is 33.0 Å². The Balaban J connectivity index is 1.87. The Morgan fingerprint density at radius 3 is 2.36 bits per heavy atom. The summed E-state index contributed by atoms with van der Waals surface area (Å²) in [5.41, 5.74) is 1.96. The molecule has 0 fully saturated rings. The number of rotatable bonds is 13. The predicted octanol–water partition coefficient (Wildman–Crippen LogP) is 3.61. The molecule has 0 radical (unpaired) electrons. The summed E-state index contributed by atoms with van der Waals surface area (Å²) in [5, 5.41) is 2.76. The zero-order chi connectivity index (χ0) is 26.3. The molecule has 194 valence electrons. The summed E-state index contributed by atoms with van der Waals surface area (Å²) in [6.07, 6.45) is 1.61. The Bertz CT molecular complexity index is 1010. The van der Waals surface area contributed by atoms with Crippen LogP contribution < -0.4 is 5.32 Å². The van der Waals surface area contributed by atoms with Crippen molar-refractivity contribution in [3.05, 3.63) is 65.5 Å². The van der Waals surface area contributed by atoms with Crippen molar-refractivity contribution in [2.75, 3.05) is 39.2 Å². The highest BCUT2D eigenvalue weighted by atomic mass is 19.1. The van der Waals surface area contributed by atoms with Gasteiger partial charge < -0.3 is 19.5 Å². The molecule has 0 spiro atoms. The molecular weight excluding hydrogens is 469 g/mol. The lowest BCUT2D eigenvalue weighted by molar-refractivity contribution is -0.149. The number of likely N-dealkylation sites (N-methyl/N-ethyl adjacent to an activating group) is 1. The first kappa shape index (κ1) is 28.4. The molecule has 10 heteroatoms. The molecule has 1 N–H and O–H groups in total. The molecule has 0 unspecified atom stereocenters. The van der Waals surface area contributed by atoms with E-state index >= 15 is 0 Å². The summed E-state index contributed by atoms with van der Waals surface area (Å²) in [7, 11) is 3.00. The molecule has 2 aromatic carbocycles. The molecule has 0 saturated heterocycles. The van der Waals surface area contributed by atoms with Gasteiger partial charge >= 0.3 is 12.1 Å². The quantitative estimate of drug-likeness (QED) is 0.255. The van der Waals surface area contributed by atoms with Crippen molar-refractivity contribution in [2.45, 2.75) is 32.4 Å². The molecule has 0 heterocycles. The van der Waals surface area contributed by atoms with Crippen molar-refractivity contribution in [3.63, 3.8) is 0 Å². The van der Waals surface area contributed by atoms with Crippen LogP contribution in [-0.4, -0.2) is 69.0 Å². The third-order valence-corrected chi connectivity index (χ3v) is 5.01. The van der Waals surface area contributed by atoms with Gasteiger partial charge in [-0.2, -0.15) is 0 Å². The van der Waals surface area contributed by atoms with Gasteiger partial charge in [-0.3, -0.25) is 14.7 Å². The Labute approximate surface area is 210 Å². The molecular formula is C26H32FN3O6. The summed E-state index contributed by atoms with van der Waals surface area (Å²) in [5.74, 6) is -1.22. The summed E-state index contributed by atoms with van der Waals surface area (Å²) in [4.78, 5) is 42.1. The number of halogens is 1. The molecule has 36 heavy (non-hydrogen) atoms. The van der Waals surface area contributed by atoms with Gasteiger partial charge in [0.1, 0.15) is 19.0 Å². The van der Waals surface area contributed by atoms with Gasteiger partial charge in [-0.25, -0.2) is 14.0 Å². The fourth-order valence-electron chi connectivity index (χ4n) is 3.02. The predicted molar refractivity (Wildman–Crippen MR) is 133 cm³/mol.